The van der Waals surface area contributed by atoms with E-state index in [2.05, 4.69) is 60.0 Å². The minimum absolute atomic E-state index is 1.03. The lowest BCUT2D eigenvalue weighted by Crippen LogP contribution is -2.03. The second-order valence-corrected chi connectivity index (χ2v) is 4.93. The maximum atomic E-state index is 4.57. The summed E-state index contributed by atoms with van der Waals surface area (Å²) in [5.41, 5.74) is 5.86. The van der Waals surface area contributed by atoms with E-state index in [0.29, 0.717) is 0 Å². The van der Waals surface area contributed by atoms with Crippen molar-refractivity contribution in [3.8, 4) is 5.69 Å². The molecule has 1 aromatic heterocycles. The van der Waals surface area contributed by atoms with E-state index in [0.717, 1.165) is 15.9 Å². The fourth-order valence-corrected chi connectivity index (χ4v) is 2.23. The van der Waals surface area contributed by atoms with Crippen LogP contribution in [0.15, 0.2) is 22.7 Å². The van der Waals surface area contributed by atoms with Gasteiger partial charge in [0.1, 0.15) is 0 Å². The van der Waals surface area contributed by atoms with Gasteiger partial charge in [-0.2, -0.15) is 5.10 Å². The number of hydrogen-bond acceptors (Lipinski definition) is 1. The number of aromatic nitrogens is 2. The van der Waals surface area contributed by atoms with E-state index >= 15 is 0 Å². The summed E-state index contributed by atoms with van der Waals surface area (Å²) < 4.78 is 3.11. The zero-order valence-electron chi connectivity index (χ0n) is 10.0. The van der Waals surface area contributed by atoms with Gasteiger partial charge < -0.3 is 0 Å². The largest absolute Gasteiger partial charge is 0.236 e. The van der Waals surface area contributed by atoms with Crippen molar-refractivity contribution in [2.75, 3.05) is 0 Å². The topological polar surface area (TPSA) is 17.8 Å². The van der Waals surface area contributed by atoms with Gasteiger partial charge in [0.15, 0.2) is 0 Å². The van der Waals surface area contributed by atoms with Crippen molar-refractivity contribution in [2.45, 2.75) is 27.7 Å². The van der Waals surface area contributed by atoms with Crippen LogP contribution in [0, 0.1) is 27.7 Å². The van der Waals surface area contributed by atoms with Crippen LogP contribution in [-0.2, 0) is 0 Å². The van der Waals surface area contributed by atoms with Crippen LogP contribution in [0.2, 0.25) is 0 Å². The number of rotatable bonds is 1. The molecule has 0 aliphatic rings. The molecule has 16 heavy (non-hydrogen) atoms. The van der Waals surface area contributed by atoms with Crippen molar-refractivity contribution in [3.05, 3.63) is 45.2 Å². The molecule has 1 aromatic carbocycles. The minimum Gasteiger partial charge on any atom is -0.236 e. The lowest BCUT2D eigenvalue weighted by atomic mass is 10.1. The van der Waals surface area contributed by atoms with Crippen molar-refractivity contribution in [3.63, 3.8) is 0 Å². The van der Waals surface area contributed by atoms with Gasteiger partial charge in [-0.3, -0.25) is 0 Å². The van der Waals surface area contributed by atoms with Crippen molar-refractivity contribution < 1.29 is 0 Å². The quantitative estimate of drug-likeness (QED) is 0.774. The molecule has 0 aliphatic heterocycles. The van der Waals surface area contributed by atoms with Crippen molar-refractivity contribution in [2.24, 2.45) is 0 Å². The minimum atomic E-state index is 1.03. The maximum Gasteiger partial charge on any atom is 0.0743 e. The molecule has 0 unspecified atom stereocenters. The second kappa shape index (κ2) is 4.06. The molecule has 0 aliphatic carbocycles. The molecular formula is C13H15BrN2. The van der Waals surface area contributed by atoms with Crippen LogP contribution in [0.25, 0.3) is 5.69 Å². The van der Waals surface area contributed by atoms with Crippen molar-refractivity contribution >= 4 is 15.9 Å². The van der Waals surface area contributed by atoms with E-state index < -0.39 is 0 Å². The maximum absolute atomic E-state index is 4.57. The summed E-state index contributed by atoms with van der Waals surface area (Å²) in [6.45, 7) is 8.33. The van der Waals surface area contributed by atoms with E-state index in [-0.39, 0.29) is 0 Å². The van der Waals surface area contributed by atoms with Gasteiger partial charge in [0.2, 0.25) is 0 Å². The van der Waals surface area contributed by atoms with Gasteiger partial charge in [0.05, 0.1) is 21.5 Å². The van der Waals surface area contributed by atoms with Gasteiger partial charge in [-0.05, 0) is 54.8 Å². The Balaban J connectivity index is 2.72. The number of benzene rings is 1. The molecule has 0 amide bonds. The van der Waals surface area contributed by atoms with Gasteiger partial charge in [-0.25, -0.2) is 4.68 Å². The van der Waals surface area contributed by atoms with Gasteiger partial charge in [0, 0.05) is 0 Å². The van der Waals surface area contributed by atoms with E-state index in [1.165, 1.54) is 16.8 Å². The van der Waals surface area contributed by atoms with Gasteiger partial charge in [-0.15, -0.1) is 0 Å². The van der Waals surface area contributed by atoms with Crippen LogP contribution in [0.4, 0.5) is 0 Å². The Morgan fingerprint density at radius 1 is 1.06 bits per heavy atom. The molecule has 0 bridgehead atoms. The summed E-state index contributed by atoms with van der Waals surface area (Å²) in [7, 11) is 0. The molecule has 0 radical (unpaired) electrons. The van der Waals surface area contributed by atoms with Crippen LogP contribution in [0.3, 0.4) is 0 Å². The summed E-state index contributed by atoms with van der Waals surface area (Å²) >= 11 is 3.56. The van der Waals surface area contributed by atoms with Crippen LogP contribution in [-0.4, -0.2) is 9.78 Å². The Kier molecular flexibility index (Phi) is 2.89. The smallest absolute Gasteiger partial charge is 0.0743 e. The number of para-hydroxylation sites is 1. The molecular weight excluding hydrogens is 264 g/mol. The highest BCUT2D eigenvalue weighted by Gasteiger charge is 2.13. The normalized spacial score (nSPS) is 10.8. The third-order valence-corrected chi connectivity index (χ3v) is 4.00. The molecule has 0 atom stereocenters. The molecule has 0 spiro atoms. The molecule has 0 saturated heterocycles. The lowest BCUT2D eigenvalue weighted by molar-refractivity contribution is 0.821. The first-order valence-corrected chi connectivity index (χ1v) is 6.10. The molecule has 2 rings (SSSR count). The molecule has 1 heterocycles. The SMILES string of the molecule is Cc1cccc(C)c1-n1nc(C)c(Br)c1C. The Morgan fingerprint density at radius 3 is 2.06 bits per heavy atom. The third-order valence-electron chi connectivity index (χ3n) is 2.85. The Morgan fingerprint density at radius 2 is 1.62 bits per heavy atom. The fraction of sp³-hybridized carbons (Fsp3) is 0.308. The van der Waals surface area contributed by atoms with Crippen LogP contribution < -0.4 is 0 Å². The predicted octanol–water partition coefficient (Wildman–Crippen LogP) is 3.87. The Bertz CT molecular complexity index is 521. The summed E-state index contributed by atoms with van der Waals surface area (Å²) in [6.07, 6.45) is 0. The molecule has 2 nitrogen and oxygen atoms in total. The highest BCUT2D eigenvalue weighted by Crippen LogP contribution is 2.26. The molecule has 3 heteroatoms. The van der Waals surface area contributed by atoms with Gasteiger partial charge in [0.25, 0.3) is 0 Å². The first-order chi connectivity index (χ1) is 7.52. The number of aryl methyl sites for hydroxylation is 3. The zero-order chi connectivity index (χ0) is 11.9. The molecule has 2 aromatic rings. The average molecular weight is 279 g/mol. The van der Waals surface area contributed by atoms with Crippen LogP contribution in [0.1, 0.15) is 22.5 Å². The van der Waals surface area contributed by atoms with E-state index in [1.807, 2.05) is 11.6 Å². The Hall–Kier alpha value is -1.09. The highest BCUT2D eigenvalue weighted by atomic mass is 79.9. The first-order valence-electron chi connectivity index (χ1n) is 5.30. The fourth-order valence-electron chi connectivity index (χ4n) is 1.98. The van der Waals surface area contributed by atoms with Crippen molar-refractivity contribution in [1.82, 2.24) is 9.78 Å². The van der Waals surface area contributed by atoms with Gasteiger partial charge >= 0.3 is 0 Å². The molecule has 84 valence electrons. The first kappa shape index (κ1) is 11.4. The summed E-state index contributed by atoms with van der Waals surface area (Å²) in [6, 6.07) is 6.31. The molecule has 0 fully saturated rings. The predicted molar refractivity (Wildman–Crippen MR) is 70.2 cm³/mol. The van der Waals surface area contributed by atoms with Crippen LogP contribution >= 0.6 is 15.9 Å². The number of hydrogen-bond donors (Lipinski definition) is 0. The van der Waals surface area contributed by atoms with Gasteiger partial charge in [-0.1, -0.05) is 18.2 Å². The van der Waals surface area contributed by atoms with E-state index in [4.69, 9.17) is 0 Å². The molecule has 0 saturated carbocycles. The van der Waals surface area contributed by atoms with E-state index in [9.17, 15) is 0 Å². The lowest BCUT2D eigenvalue weighted by Gasteiger charge is -2.11. The second-order valence-electron chi connectivity index (χ2n) is 4.14. The molecule has 0 N–H and O–H groups in total. The van der Waals surface area contributed by atoms with Crippen molar-refractivity contribution in [1.29, 1.82) is 0 Å². The monoisotopic (exact) mass is 278 g/mol. The standard InChI is InChI=1S/C13H15BrN2/c1-8-6-5-7-9(2)13(8)16-11(4)12(14)10(3)15-16/h5-7H,1-4H3. The van der Waals surface area contributed by atoms with E-state index in [1.54, 1.807) is 0 Å². The number of halogens is 1. The zero-order valence-corrected chi connectivity index (χ0v) is 11.6. The highest BCUT2D eigenvalue weighted by molar-refractivity contribution is 9.10. The Labute approximate surface area is 104 Å². The summed E-state index contributed by atoms with van der Waals surface area (Å²) in [4.78, 5) is 0. The average Bonchev–Trinajstić information content (AvgIpc) is 2.47. The third kappa shape index (κ3) is 1.69. The van der Waals surface area contributed by atoms with Crippen LogP contribution in [0.5, 0.6) is 0 Å². The summed E-state index contributed by atoms with van der Waals surface area (Å²) in [5.74, 6) is 0. The summed E-state index contributed by atoms with van der Waals surface area (Å²) in [5, 5.41) is 4.57. The number of nitrogens with zero attached hydrogens (tertiary/aromatic N) is 2.